The van der Waals surface area contributed by atoms with Crippen molar-refractivity contribution in [2.75, 3.05) is 0 Å². The van der Waals surface area contributed by atoms with Crippen LogP contribution in [0.3, 0.4) is 0 Å². The molecule has 0 bridgehead atoms. The van der Waals surface area contributed by atoms with E-state index in [1.54, 1.807) is 12.1 Å². The van der Waals surface area contributed by atoms with Gasteiger partial charge in [-0.1, -0.05) is 56.1 Å². The summed E-state index contributed by atoms with van der Waals surface area (Å²) in [7, 11) is -1.47. The Hall–Kier alpha value is -0.615. The fourth-order valence-corrected chi connectivity index (χ4v) is 2.49. The Bertz CT molecular complexity index is 544. The summed E-state index contributed by atoms with van der Waals surface area (Å²) < 4.78 is 1.85. The van der Waals surface area contributed by atoms with E-state index in [-0.39, 0.29) is 0 Å². The summed E-state index contributed by atoms with van der Waals surface area (Å²) in [6.45, 7) is 0. The van der Waals surface area contributed by atoms with E-state index in [2.05, 4.69) is 31.9 Å². The zero-order valence-corrected chi connectivity index (χ0v) is 11.9. The van der Waals surface area contributed by atoms with Crippen LogP contribution in [-0.4, -0.2) is 17.2 Å². The van der Waals surface area contributed by atoms with E-state index >= 15 is 0 Å². The minimum atomic E-state index is -1.47. The highest BCUT2D eigenvalue weighted by atomic mass is 79.9. The molecule has 2 nitrogen and oxygen atoms in total. The van der Waals surface area contributed by atoms with E-state index in [9.17, 15) is 10.0 Å². The molecule has 2 N–H and O–H groups in total. The maximum absolute atomic E-state index is 9.35. The fraction of sp³-hybridized carbons (Fsp3) is 0. The smallest absolute Gasteiger partial charge is 0.423 e. The molecule has 2 aromatic carbocycles. The Kier molecular flexibility index (Phi) is 4.04. The first-order valence-electron chi connectivity index (χ1n) is 5.00. The first kappa shape index (κ1) is 12.8. The first-order valence-corrected chi connectivity index (χ1v) is 6.58. The number of hydrogen-bond donors (Lipinski definition) is 2. The van der Waals surface area contributed by atoms with Gasteiger partial charge in [0.25, 0.3) is 0 Å². The predicted molar refractivity (Wildman–Crippen MR) is 77.1 cm³/mol. The highest BCUT2D eigenvalue weighted by Crippen LogP contribution is 2.30. The van der Waals surface area contributed by atoms with Crippen LogP contribution < -0.4 is 5.46 Å². The lowest BCUT2D eigenvalue weighted by molar-refractivity contribution is 0.426. The molecule has 86 valence electrons. The van der Waals surface area contributed by atoms with Crippen molar-refractivity contribution in [1.82, 2.24) is 0 Å². The monoisotopic (exact) mass is 354 g/mol. The standard InChI is InChI=1S/C12H9BBr2O2/c14-8-5-6-12(15)10(7-8)9-3-1-2-4-11(9)13(16)17/h1-7,16-17H. The van der Waals surface area contributed by atoms with Crippen molar-refractivity contribution in [2.24, 2.45) is 0 Å². The van der Waals surface area contributed by atoms with Crippen LogP contribution in [0.25, 0.3) is 11.1 Å². The van der Waals surface area contributed by atoms with Gasteiger partial charge in [0, 0.05) is 8.95 Å². The van der Waals surface area contributed by atoms with Gasteiger partial charge in [0.05, 0.1) is 0 Å². The molecule has 5 heteroatoms. The largest absolute Gasteiger partial charge is 0.489 e. The molecule has 0 radical (unpaired) electrons. The summed E-state index contributed by atoms with van der Waals surface area (Å²) in [5.74, 6) is 0. The molecule has 0 aromatic heterocycles. The SMILES string of the molecule is OB(O)c1ccccc1-c1cc(Br)ccc1Br. The minimum Gasteiger partial charge on any atom is -0.423 e. The second-order valence-electron chi connectivity index (χ2n) is 3.59. The molecule has 0 heterocycles. The van der Waals surface area contributed by atoms with Gasteiger partial charge in [-0.2, -0.15) is 0 Å². The zero-order valence-electron chi connectivity index (χ0n) is 8.77. The molecule has 0 atom stereocenters. The van der Waals surface area contributed by atoms with E-state index in [4.69, 9.17) is 0 Å². The Labute approximate surface area is 117 Å². The number of halogens is 2. The summed E-state index contributed by atoms with van der Waals surface area (Å²) in [4.78, 5) is 0. The average molecular weight is 356 g/mol. The van der Waals surface area contributed by atoms with Gasteiger partial charge < -0.3 is 10.0 Å². The normalized spacial score (nSPS) is 10.4. The lowest BCUT2D eigenvalue weighted by Gasteiger charge is -2.11. The van der Waals surface area contributed by atoms with Gasteiger partial charge in [0.15, 0.2) is 0 Å². The second kappa shape index (κ2) is 5.35. The van der Waals surface area contributed by atoms with Gasteiger partial charge >= 0.3 is 7.12 Å². The number of hydrogen-bond acceptors (Lipinski definition) is 2. The molecule has 0 unspecified atom stereocenters. The van der Waals surface area contributed by atoms with Crippen LogP contribution in [0.4, 0.5) is 0 Å². The summed E-state index contributed by atoms with van der Waals surface area (Å²) in [6.07, 6.45) is 0. The molecule has 0 saturated carbocycles. The molecular formula is C12H9BBr2O2. The van der Waals surface area contributed by atoms with Gasteiger partial charge in [-0.15, -0.1) is 0 Å². The Morgan fingerprint density at radius 1 is 0.882 bits per heavy atom. The van der Waals surface area contributed by atoms with Crippen molar-refractivity contribution in [3.8, 4) is 11.1 Å². The molecule has 0 aliphatic heterocycles. The highest BCUT2D eigenvalue weighted by molar-refractivity contribution is 9.11. The molecule has 0 aliphatic rings. The fourth-order valence-electron chi connectivity index (χ4n) is 1.67. The van der Waals surface area contributed by atoms with Gasteiger partial charge in [0.2, 0.25) is 0 Å². The Balaban J connectivity index is 2.64. The van der Waals surface area contributed by atoms with Crippen LogP contribution in [0.5, 0.6) is 0 Å². The molecular weight excluding hydrogens is 347 g/mol. The zero-order chi connectivity index (χ0) is 12.4. The van der Waals surface area contributed by atoms with Crippen LogP contribution >= 0.6 is 31.9 Å². The first-order chi connectivity index (χ1) is 8.09. The molecule has 2 rings (SSSR count). The maximum Gasteiger partial charge on any atom is 0.489 e. The molecule has 0 fully saturated rings. The second-order valence-corrected chi connectivity index (χ2v) is 5.36. The molecule has 17 heavy (non-hydrogen) atoms. The topological polar surface area (TPSA) is 40.5 Å². The van der Waals surface area contributed by atoms with E-state index < -0.39 is 7.12 Å². The molecule has 0 aliphatic carbocycles. The molecule has 2 aromatic rings. The predicted octanol–water partition coefficient (Wildman–Crippen LogP) is 2.56. The van der Waals surface area contributed by atoms with E-state index in [0.29, 0.717) is 5.46 Å². The summed E-state index contributed by atoms with van der Waals surface area (Å²) >= 11 is 6.88. The van der Waals surface area contributed by atoms with Gasteiger partial charge in [-0.25, -0.2) is 0 Å². The molecule has 0 amide bonds. The summed E-state index contributed by atoms with van der Waals surface area (Å²) in [5, 5.41) is 18.7. The molecule has 0 spiro atoms. The van der Waals surface area contributed by atoms with Crippen LogP contribution in [0, 0.1) is 0 Å². The third-order valence-corrected chi connectivity index (χ3v) is 3.64. The lowest BCUT2D eigenvalue weighted by Crippen LogP contribution is -2.31. The van der Waals surface area contributed by atoms with Crippen molar-refractivity contribution in [2.45, 2.75) is 0 Å². The van der Waals surface area contributed by atoms with E-state index in [1.165, 1.54) is 0 Å². The molecule has 0 saturated heterocycles. The van der Waals surface area contributed by atoms with Crippen molar-refractivity contribution in [1.29, 1.82) is 0 Å². The minimum absolute atomic E-state index is 0.492. The maximum atomic E-state index is 9.35. The van der Waals surface area contributed by atoms with E-state index in [1.807, 2.05) is 30.3 Å². The highest BCUT2D eigenvalue weighted by Gasteiger charge is 2.17. The van der Waals surface area contributed by atoms with Crippen LogP contribution in [-0.2, 0) is 0 Å². The summed E-state index contributed by atoms with van der Waals surface area (Å²) in [5.41, 5.74) is 2.21. The third kappa shape index (κ3) is 2.80. The summed E-state index contributed by atoms with van der Waals surface area (Å²) in [6, 6.07) is 13.0. The lowest BCUT2D eigenvalue weighted by atomic mass is 9.75. The Morgan fingerprint density at radius 3 is 2.29 bits per heavy atom. The Morgan fingerprint density at radius 2 is 1.59 bits per heavy atom. The third-order valence-electron chi connectivity index (χ3n) is 2.46. The van der Waals surface area contributed by atoms with Gasteiger partial charge in [-0.05, 0) is 34.8 Å². The van der Waals surface area contributed by atoms with E-state index in [0.717, 1.165) is 20.1 Å². The van der Waals surface area contributed by atoms with Crippen LogP contribution in [0.15, 0.2) is 51.4 Å². The number of benzene rings is 2. The quantitative estimate of drug-likeness (QED) is 0.813. The average Bonchev–Trinajstić information content (AvgIpc) is 2.32. The van der Waals surface area contributed by atoms with Crippen molar-refractivity contribution in [3.63, 3.8) is 0 Å². The van der Waals surface area contributed by atoms with Crippen LogP contribution in [0.2, 0.25) is 0 Å². The van der Waals surface area contributed by atoms with Gasteiger partial charge in [-0.3, -0.25) is 0 Å². The van der Waals surface area contributed by atoms with Crippen LogP contribution in [0.1, 0.15) is 0 Å². The number of rotatable bonds is 2. The van der Waals surface area contributed by atoms with Gasteiger partial charge in [0.1, 0.15) is 0 Å². The van der Waals surface area contributed by atoms with Crippen molar-refractivity contribution in [3.05, 3.63) is 51.4 Å². The van der Waals surface area contributed by atoms with Crippen molar-refractivity contribution >= 4 is 44.4 Å². The van der Waals surface area contributed by atoms with Crippen molar-refractivity contribution < 1.29 is 10.0 Å².